The van der Waals surface area contributed by atoms with Crippen molar-refractivity contribution in [3.63, 3.8) is 0 Å². The number of carboxylic acid groups (broad SMARTS) is 1. The summed E-state index contributed by atoms with van der Waals surface area (Å²) < 4.78 is 10.2. The van der Waals surface area contributed by atoms with E-state index in [1.54, 1.807) is 7.11 Å². The Kier molecular flexibility index (Phi) is 4.79. The van der Waals surface area contributed by atoms with Crippen LogP contribution >= 0.6 is 0 Å². The Morgan fingerprint density at radius 3 is 2.70 bits per heavy atom. The van der Waals surface area contributed by atoms with Crippen LogP contribution in [-0.2, 0) is 13.0 Å². The summed E-state index contributed by atoms with van der Waals surface area (Å²) >= 11 is 0. The molecule has 5 nitrogen and oxygen atoms in total. The Morgan fingerprint density at radius 2 is 2.10 bits per heavy atom. The highest BCUT2D eigenvalue weighted by Gasteiger charge is 2.07. The zero-order valence-corrected chi connectivity index (χ0v) is 11.3. The van der Waals surface area contributed by atoms with E-state index >= 15 is 0 Å². The minimum absolute atomic E-state index is 0.178. The molecule has 20 heavy (non-hydrogen) atoms. The third-order valence-corrected chi connectivity index (χ3v) is 2.95. The maximum absolute atomic E-state index is 10.7. The SMILES string of the molecule is COc1ccc(CCNCc2cc(C(=O)O)co2)cc1. The molecule has 5 heteroatoms. The van der Waals surface area contributed by atoms with Gasteiger partial charge < -0.3 is 19.6 Å². The van der Waals surface area contributed by atoms with Gasteiger partial charge in [-0.05, 0) is 36.7 Å². The van der Waals surface area contributed by atoms with Crippen LogP contribution in [0.25, 0.3) is 0 Å². The number of ether oxygens (including phenoxy) is 1. The van der Waals surface area contributed by atoms with Crippen molar-refractivity contribution < 1.29 is 19.1 Å². The first-order valence-corrected chi connectivity index (χ1v) is 6.33. The summed E-state index contributed by atoms with van der Waals surface area (Å²) in [4.78, 5) is 10.7. The van der Waals surface area contributed by atoms with E-state index in [1.807, 2.05) is 24.3 Å². The lowest BCUT2D eigenvalue weighted by molar-refractivity contribution is 0.0696. The van der Waals surface area contributed by atoms with Crippen molar-refractivity contribution in [3.05, 3.63) is 53.5 Å². The van der Waals surface area contributed by atoms with Crippen molar-refractivity contribution in [1.82, 2.24) is 5.32 Å². The number of furan rings is 1. The molecule has 0 bridgehead atoms. The number of nitrogens with one attached hydrogen (secondary N) is 1. The third kappa shape index (κ3) is 3.86. The number of rotatable bonds is 7. The highest BCUT2D eigenvalue weighted by atomic mass is 16.5. The van der Waals surface area contributed by atoms with Gasteiger partial charge in [0.1, 0.15) is 17.8 Å². The van der Waals surface area contributed by atoms with Gasteiger partial charge in [-0.2, -0.15) is 0 Å². The Morgan fingerprint density at radius 1 is 1.35 bits per heavy atom. The normalized spacial score (nSPS) is 10.4. The van der Waals surface area contributed by atoms with E-state index < -0.39 is 5.97 Å². The molecule has 2 aromatic rings. The van der Waals surface area contributed by atoms with Gasteiger partial charge in [-0.15, -0.1) is 0 Å². The smallest absolute Gasteiger partial charge is 0.338 e. The van der Waals surface area contributed by atoms with Gasteiger partial charge in [-0.25, -0.2) is 4.79 Å². The topological polar surface area (TPSA) is 71.7 Å². The summed E-state index contributed by atoms with van der Waals surface area (Å²) in [5, 5.41) is 12.0. The molecule has 2 N–H and O–H groups in total. The van der Waals surface area contributed by atoms with E-state index in [0.717, 1.165) is 18.7 Å². The fourth-order valence-corrected chi connectivity index (χ4v) is 1.82. The van der Waals surface area contributed by atoms with E-state index in [9.17, 15) is 4.79 Å². The molecule has 1 heterocycles. The molecule has 0 fully saturated rings. The molecular weight excluding hydrogens is 258 g/mol. The van der Waals surface area contributed by atoms with Crippen LogP contribution in [0.2, 0.25) is 0 Å². The molecule has 106 valence electrons. The number of methoxy groups -OCH3 is 1. The molecule has 0 spiro atoms. The van der Waals surface area contributed by atoms with Crippen LogP contribution in [0.15, 0.2) is 41.0 Å². The number of carboxylic acids is 1. The minimum Gasteiger partial charge on any atom is -0.497 e. The van der Waals surface area contributed by atoms with Crippen LogP contribution < -0.4 is 10.1 Å². The fourth-order valence-electron chi connectivity index (χ4n) is 1.82. The molecule has 0 radical (unpaired) electrons. The number of hydrogen-bond donors (Lipinski definition) is 2. The molecule has 1 aromatic carbocycles. The first-order valence-electron chi connectivity index (χ1n) is 6.33. The first kappa shape index (κ1) is 14.1. The highest BCUT2D eigenvalue weighted by molar-refractivity contribution is 5.87. The van der Waals surface area contributed by atoms with E-state index in [-0.39, 0.29) is 5.56 Å². The molecule has 0 atom stereocenters. The predicted octanol–water partition coefficient (Wildman–Crippen LogP) is 2.32. The predicted molar refractivity (Wildman–Crippen MR) is 74.1 cm³/mol. The Bertz CT molecular complexity index is 560. The van der Waals surface area contributed by atoms with Gasteiger partial charge in [-0.1, -0.05) is 12.1 Å². The monoisotopic (exact) mass is 275 g/mol. The van der Waals surface area contributed by atoms with Crippen molar-refractivity contribution in [3.8, 4) is 5.75 Å². The summed E-state index contributed by atoms with van der Waals surface area (Å²) in [5.41, 5.74) is 1.39. The largest absolute Gasteiger partial charge is 0.497 e. The van der Waals surface area contributed by atoms with Gasteiger partial charge >= 0.3 is 5.97 Å². The molecule has 0 aliphatic heterocycles. The van der Waals surface area contributed by atoms with E-state index in [4.69, 9.17) is 14.3 Å². The zero-order chi connectivity index (χ0) is 14.4. The lowest BCUT2D eigenvalue weighted by Gasteiger charge is -2.04. The second-order valence-electron chi connectivity index (χ2n) is 4.38. The lowest BCUT2D eigenvalue weighted by atomic mass is 10.1. The van der Waals surface area contributed by atoms with Crippen LogP contribution in [0.3, 0.4) is 0 Å². The average Bonchev–Trinajstić information content (AvgIpc) is 2.93. The molecule has 0 amide bonds. The van der Waals surface area contributed by atoms with Gasteiger partial charge in [0.25, 0.3) is 0 Å². The average molecular weight is 275 g/mol. The third-order valence-electron chi connectivity index (χ3n) is 2.95. The summed E-state index contributed by atoms with van der Waals surface area (Å²) in [6.07, 6.45) is 2.14. The van der Waals surface area contributed by atoms with Crippen LogP contribution in [0, 0.1) is 0 Å². The second kappa shape index (κ2) is 6.77. The minimum atomic E-state index is -0.974. The Hall–Kier alpha value is -2.27. The molecule has 0 unspecified atom stereocenters. The lowest BCUT2D eigenvalue weighted by Crippen LogP contribution is -2.16. The number of benzene rings is 1. The Balaban J connectivity index is 1.73. The molecule has 1 aromatic heterocycles. The van der Waals surface area contributed by atoms with Crippen molar-refractivity contribution >= 4 is 5.97 Å². The molecule has 0 saturated carbocycles. The van der Waals surface area contributed by atoms with Crippen LogP contribution in [-0.4, -0.2) is 24.7 Å². The first-order chi connectivity index (χ1) is 9.69. The number of hydrogen-bond acceptors (Lipinski definition) is 4. The van der Waals surface area contributed by atoms with Crippen molar-refractivity contribution in [1.29, 1.82) is 0 Å². The summed E-state index contributed by atoms with van der Waals surface area (Å²) in [5.74, 6) is 0.494. The standard InChI is InChI=1S/C15H17NO4/c1-19-13-4-2-11(3-5-13)6-7-16-9-14-8-12(10-20-14)15(17)18/h2-5,8,10,16H,6-7,9H2,1H3,(H,17,18). The molecule has 2 rings (SSSR count). The van der Waals surface area contributed by atoms with Crippen molar-refractivity contribution in [2.24, 2.45) is 0 Å². The maximum Gasteiger partial charge on any atom is 0.338 e. The number of carbonyl (C=O) groups is 1. The van der Waals surface area contributed by atoms with Crippen LogP contribution in [0.1, 0.15) is 21.7 Å². The fraction of sp³-hybridized carbons (Fsp3) is 0.267. The summed E-state index contributed by atoms with van der Waals surface area (Å²) in [6, 6.07) is 9.44. The molecule has 0 aliphatic rings. The van der Waals surface area contributed by atoms with Crippen LogP contribution in [0.5, 0.6) is 5.75 Å². The molecular formula is C15H17NO4. The Labute approximate surface area is 117 Å². The van der Waals surface area contributed by atoms with Crippen molar-refractivity contribution in [2.75, 3.05) is 13.7 Å². The van der Waals surface area contributed by atoms with E-state index in [0.29, 0.717) is 12.3 Å². The van der Waals surface area contributed by atoms with Gasteiger partial charge in [0.05, 0.1) is 19.2 Å². The quantitative estimate of drug-likeness (QED) is 0.759. The van der Waals surface area contributed by atoms with Gasteiger partial charge in [0.15, 0.2) is 0 Å². The van der Waals surface area contributed by atoms with Gasteiger partial charge in [0, 0.05) is 0 Å². The zero-order valence-electron chi connectivity index (χ0n) is 11.3. The van der Waals surface area contributed by atoms with E-state index in [2.05, 4.69) is 5.32 Å². The maximum atomic E-state index is 10.7. The second-order valence-corrected chi connectivity index (χ2v) is 4.38. The summed E-state index contributed by atoms with van der Waals surface area (Å²) in [6.45, 7) is 1.30. The van der Waals surface area contributed by atoms with E-state index in [1.165, 1.54) is 17.9 Å². The number of aromatic carboxylic acids is 1. The van der Waals surface area contributed by atoms with Gasteiger partial charge in [0.2, 0.25) is 0 Å². The van der Waals surface area contributed by atoms with Crippen molar-refractivity contribution in [2.45, 2.75) is 13.0 Å². The molecule has 0 saturated heterocycles. The van der Waals surface area contributed by atoms with Gasteiger partial charge in [-0.3, -0.25) is 0 Å². The molecule has 0 aliphatic carbocycles. The highest BCUT2D eigenvalue weighted by Crippen LogP contribution is 2.11. The van der Waals surface area contributed by atoms with Crippen LogP contribution in [0.4, 0.5) is 0 Å². The summed E-state index contributed by atoms with van der Waals surface area (Å²) in [7, 11) is 1.64.